The fourth-order valence-corrected chi connectivity index (χ4v) is 2.20. The molecule has 0 fully saturated rings. The van der Waals surface area contributed by atoms with Crippen molar-refractivity contribution in [2.75, 3.05) is 5.32 Å². The van der Waals surface area contributed by atoms with Gasteiger partial charge in [-0.3, -0.25) is 10.1 Å². The van der Waals surface area contributed by atoms with Crippen molar-refractivity contribution in [1.82, 2.24) is 15.2 Å². The maximum atomic E-state index is 12.8. The van der Waals surface area contributed by atoms with Gasteiger partial charge in [-0.25, -0.2) is 9.37 Å². The standard InChI is InChI=1S/C13H9FN4O2S/c1-7-15-10(6-21-7)12-17-18-13(20-12)16-11(19)8-2-4-9(14)5-3-8/h2-6H,1H3,(H,16,18,19). The molecule has 8 heteroatoms. The lowest BCUT2D eigenvalue weighted by Crippen LogP contribution is -2.12. The number of hydrogen-bond acceptors (Lipinski definition) is 6. The first-order chi connectivity index (χ1) is 10.1. The number of amides is 1. The summed E-state index contributed by atoms with van der Waals surface area (Å²) in [4.78, 5) is 16.1. The first-order valence-corrected chi connectivity index (χ1v) is 6.83. The number of carbonyl (C=O) groups excluding carboxylic acids is 1. The summed E-state index contributed by atoms with van der Waals surface area (Å²) in [6.45, 7) is 1.86. The van der Waals surface area contributed by atoms with Crippen LogP contribution in [0.25, 0.3) is 11.6 Å². The Bertz CT molecular complexity index is 782. The van der Waals surface area contributed by atoms with Gasteiger partial charge in [-0.2, -0.15) is 0 Å². The summed E-state index contributed by atoms with van der Waals surface area (Å²) in [5, 5.41) is 12.7. The Morgan fingerprint density at radius 2 is 2.05 bits per heavy atom. The number of thiazole rings is 1. The van der Waals surface area contributed by atoms with Crippen LogP contribution in [0.3, 0.4) is 0 Å². The number of rotatable bonds is 3. The van der Waals surface area contributed by atoms with E-state index >= 15 is 0 Å². The van der Waals surface area contributed by atoms with E-state index in [4.69, 9.17) is 4.42 Å². The fraction of sp³-hybridized carbons (Fsp3) is 0.0769. The van der Waals surface area contributed by atoms with Crippen molar-refractivity contribution in [3.63, 3.8) is 0 Å². The molecule has 106 valence electrons. The lowest BCUT2D eigenvalue weighted by molar-refractivity contribution is 0.102. The molecule has 1 N–H and O–H groups in total. The molecule has 0 bridgehead atoms. The van der Waals surface area contributed by atoms with Gasteiger partial charge in [-0.1, -0.05) is 5.10 Å². The van der Waals surface area contributed by atoms with Crippen molar-refractivity contribution in [2.45, 2.75) is 6.92 Å². The number of hydrogen-bond donors (Lipinski definition) is 1. The molecule has 1 aromatic carbocycles. The maximum absolute atomic E-state index is 12.8. The zero-order chi connectivity index (χ0) is 14.8. The lowest BCUT2D eigenvalue weighted by atomic mass is 10.2. The fourth-order valence-electron chi connectivity index (χ4n) is 1.61. The van der Waals surface area contributed by atoms with Crippen LogP contribution in [0.15, 0.2) is 34.1 Å². The lowest BCUT2D eigenvalue weighted by Gasteiger charge is -1.99. The SMILES string of the molecule is Cc1nc(-c2nnc(NC(=O)c3ccc(F)cc3)o2)cs1. The van der Waals surface area contributed by atoms with E-state index in [0.29, 0.717) is 11.3 Å². The number of carbonyl (C=O) groups is 1. The molecule has 2 heterocycles. The smallest absolute Gasteiger partial charge is 0.322 e. The highest BCUT2D eigenvalue weighted by Crippen LogP contribution is 2.21. The van der Waals surface area contributed by atoms with Gasteiger partial charge in [0, 0.05) is 10.9 Å². The summed E-state index contributed by atoms with van der Waals surface area (Å²) in [6.07, 6.45) is 0. The minimum absolute atomic E-state index is 0.0371. The topological polar surface area (TPSA) is 80.9 Å². The van der Waals surface area contributed by atoms with Crippen LogP contribution >= 0.6 is 11.3 Å². The second-order valence-corrected chi connectivity index (χ2v) is 5.19. The second-order valence-electron chi connectivity index (χ2n) is 4.13. The number of aryl methyl sites for hydroxylation is 1. The molecular formula is C13H9FN4O2S. The Kier molecular flexibility index (Phi) is 3.44. The van der Waals surface area contributed by atoms with Gasteiger partial charge in [0.2, 0.25) is 0 Å². The van der Waals surface area contributed by atoms with E-state index in [1.807, 2.05) is 6.92 Å². The van der Waals surface area contributed by atoms with Crippen molar-refractivity contribution in [3.05, 3.63) is 46.0 Å². The summed E-state index contributed by atoms with van der Waals surface area (Å²) in [6, 6.07) is 5.10. The third-order valence-corrected chi connectivity index (χ3v) is 3.36. The van der Waals surface area contributed by atoms with E-state index in [1.54, 1.807) is 5.38 Å². The van der Waals surface area contributed by atoms with Gasteiger partial charge in [0.05, 0.1) is 5.01 Å². The molecule has 3 aromatic rings. The van der Waals surface area contributed by atoms with Crippen molar-refractivity contribution in [2.24, 2.45) is 0 Å². The molecule has 0 unspecified atom stereocenters. The minimum Gasteiger partial charge on any atom is -0.401 e. The second kappa shape index (κ2) is 5.41. The zero-order valence-electron chi connectivity index (χ0n) is 10.8. The molecule has 0 aliphatic heterocycles. The Labute approximate surface area is 122 Å². The van der Waals surface area contributed by atoms with Gasteiger partial charge in [0.15, 0.2) is 0 Å². The summed E-state index contributed by atoms with van der Waals surface area (Å²) < 4.78 is 18.1. The van der Waals surface area contributed by atoms with Gasteiger partial charge < -0.3 is 4.42 Å². The molecule has 1 amide bonds. The molecule has 0 saturated carbocycles. The molecule has 0 atom stereocenters. The highest BCUT2D eigenvalue weighted by Gasteiger charge is 2.14. The third-order valence-electron chi connectivity index (χ3n) is 2.59. The number of anilines is 1. The van der Waals surface area contributed by atoms with Crippen LogP contribution < -0.4 is 5.32 Å². The molecule has 0 spiro atoms. The summed E-state index contributed by atoms with van der Waals surface area (Å²) in [5.74, 6) is -0.640. The van der Waals surface area contributed by atoms with Gasteiger partial charge in [-0.05, 0) is 31.2 Å². The molecule has 21 heavy (non-hydrogen) atoms. The zero-order valence-corrected chi connectivity index (χ0v) is 11.6. The Morgan fingerprint density at radius 3 is 2.71 bits per heavy atom. The van der Waals surface area contributed by atoms with Crippen LogP contribution in [-0.2, 0) is 0 Å². The summed E-state index contributed by atoms with van der Waals surface area (Å²) in [5.41, 5.74) is 0.855. The predicted molar refractivity (Wildman–Crippen MR) is 74.5 cm³/mol. The quantitative estimate of drug-likeness (QED) is 0.804. The van der Waals surface area contributed by atoms with Gasteiger partial charge in [-0.15, -0.1) is 16.4 Å². The van der Waals surface area contributed by atoms with Crippen molar-refractivity contribution in [3.8, 4) is 11.6 Å². The van der Waals surface area contributed by atoms with Crippen LogP contribution in [0.2, 0.25) is 0 Å². The predicted octanol–water partition coefficient (Wildman–Crippen LogP) is 2.89. The largest absolute Gasteiger partial charge is 0.401 e. The van der Waals surface area contributed by atoms with E-state index in [1.165, 1.54) is 35.6 Å². The minimum atomic E-state index is -0.459. The van der Waals surface area contributed by atoms with E-state index in [9.17, 15) is 9.18 Å². The highest BCUT2D eigenvalue weighted by atomic mass is 32.1. The van der Waals surface area contributed by atoms with Crippen LogP contribution in [0, 0.1) is 12.7 Å². The van der Waals surface area contributed by atoms with E-state index in [0.717, 1.165) is 5.01 Å². The normalized spacial score (nSPS) is 10.6. The number of aromatic nitrogens is 3. The van der Waals surface area contributed by atoms with Crippen LogP contribution in [-0.4, -0.2) is 21.1 Å². The highest BCUT2D eigenvalue weighted by molar-refractivity contribution is 7.09. The van der Waals surface area contributed by atoms with Crippen LogP contribution in [0.4, 0.5) is 10.4 Å². The van der Waals surface area contributed by atoms with Crippen LogP contribution in [0.1, 0.15) is 15.4 Å². The number of nitrogens with zero attached hydrogens (tertiary/aromatic N) is 3. The number of halogens is 1. The molecule has 0 aliphatic rings. The van der Waals surface area contributed by atoms with Crippen molar-refractivity contribution >= 4 is 23.3 Å². The van der Waals surface area contributed by atoms with Crippen molar-refractivity contribution < 1.29 is 13.6 Å². The average molecular weight is 304 g/mol. The van der Waals surface area contributed by atoms with E-state index < -0.39 is 11.7 Å². The average Bonchev–Trinajstić information content (AvgIpc) is 3.08. The van der Waals surface area contributed by atoms with E-state index in [-0.39, 0.29) is 11.9 Å². The molecule has 0 saturated heterocycles. The number of nitrogens with one attached hydrogen (secondary N) is 1. The number of benzene rings is 1. The Hall–Kier alpha value is -2.61. The van der Waals surface area contributed by atoms with Gasteiger partial charge >= 0.3 is 6.01 Å². The molecule has 0 aliphatic carbocycles. The van der Waals surface area contributed by atoms with Crippen molar-refractivity contribution in [1.29, 1.82) is 0 Å². The third kappa shape index (κ3) is 2.95. The van der Waals surface area contributed by atoms with E-state index in [2.05, 4.69) is 20.5 Å². The first kappa shape index (κ1) is 13.4. The summed E-state index contributed by atoms with van der Waals surface area (Å²) >= 11 is 1.46. The van der Waals surface area contributed by atoms with Gasteiger partial charge in [0.1, 0.15) is 11.5 Å². The molecule has 6 nitrogen and oxygen atoms in total. The molecule has 3 rings (SSSR count). The van der Waals surface area contributed by atoms with Gasteiger partial charge in [0.25, 0.3) is 11.8 Å². The Morgan fingerprint density at radius 1 is 1.29 bits per heavy atom. The van der Waals surface area contributed by atoms with Crippen LogP contribution in [0.5, 0.6) is 0 Å². The molecular weight excluding hydrogens is 295 g/mol. The summed E-state index contributed by atoms with van der Waals surface area (Å²) in [7, 11) is 0. The Balaban J connectivity index is 1.75. The monoisotopic (exact) mass is 304 g/mol. The first-order valence-electron chi connectivity index (χ1n) is 5.95. The maximum Gasteiger partial charge on any atom is 0.322 e. The molecule has 2 aromatic heterocycles. The molecule has 0 radical (unpaired) electrons.